The maximum absolute atomic E-state index is 12.3. The summed E-state index contributed by atoms with van der Waals surface area (Å²) in [6, 6.07) is 2.12. The predicted octanol–water partition coefficient (Wildman–Crippen LogP) is 1.27. The maximum Gasteiger partial charge on any atom is 0.252 e. The Bertz CT molecular complexity index is 527. The van der Waals surface area contributed by atoms with Crippen molar-refractivity contribution in [1.82, 2.24) is 15.5 Å². The summed E-state index contributed by atoms with van der Waals surface area (Å²) in [6.45, 7) is 3.56. The summed E-state index contributed by atoms with van der Waals surface area (Å²) in [6.07, 6.45) is 2.12. The topological polar surface area (TPSA) is 70.7 Å². The number of nitrogens with zero attached hydrogens (tertiary/aromatic N) is 1. The molecule has 8 heteroatoms. The van der Waals surface area contributed by atoms with Gasteiger partial charge < -0.3 is 20.3 Å². The van der Waals surface area contributed by atoms with Crippen LogP contribution in [-0.2, 0) is 9.53 Å². The number of piperidine rings is 1. The van der Waals surface area contributed by atoms with Crippen molar-refractivity contribution in [2.75, 3.05) is 32.8 Å². The molecule has 0 radical (unpaired) electrons. The van der Waals surface area contributed by atoms with Crippen LogP contribution >= 0.6 is 23.7 Å². The quantitative estimate of drug-likeness (QED) is 0.833. The first-order valence-electron chi connectivity index (χ1n) is 8.14. The minimum Gasteiger partial charge on any atom is -0.378 e. The molecule has 3 rings (SSSR count). The zero-order valence-electron chi connectivity index (χ0n) is 13.5. The second-order valence-corrected chi connectivity index (χ2v) is 6.85. The third kappa shape index (κ3) is 5.17. The van der Waals surface area contributed by atoms with E-state index in [1.54, 1.807) is 0 Å². The van der Waals surface area contributed by atoms with Crippen molar-refractivity contribution in [3.63, 3.8) is 0 Å². The zero-order chi connectivity index (χ0) is 16.1. The third-order valence-corrected chi connectivity index (χ3v) is 5.07. The lowest BCUT2D eigenvalue weighted by atomic mass is 10.0. The molecule has 0 spiro atoms. The van der Waals surface area contributed by atoms with Crippen LogP contribution in [0.15, 0.2) is 16.8 Å². The molecule has 2 amide bonds. The van der Waals surface area contributed by atoms with E-state index >= 15 is 0 Å². The monoisotopic (exact) mass is 373 g/mol. The molecule has 2 N–H and O–H groups in total. The number of nitrogens with one attached hydrogen (secondary N) is 2. The summed E-state index contributed by atoms with van der Waals surface area (Å²) in [5.41, 5.74) is 0.719. The molecule has 2 aliphatic heterocycles. The number of thiophene rings is 1. The average Bonchev–Trinajstić information content (AvgIpc) is 3.11. The molecule has 1 atom stereocenters. The van der Waals surface area contributed by atoms with Crippen LogP contribution in [0.3, 0.4) is 0 Å². The first-order valence-corrected chi connectivity index (χ1v) is 9.08. The van der Waals surface area contributed by atoms with Gasteiger partial charge in [0.25, 0.3) is 5.91 Å². The molecule has 0 bridgehead atoms. The van der Waals surface area contributed by atoms with Crippen molar-refractivity contribution in [2.24, 2.45) is 0 Å². The zero-order valence-corrected chi connectivity index (χ0v) is 15.2. The van der Waals surface area contributed by atoms with E-state index in [-0.39, 0.29) is 36.3 Å². The largest absolute Gasteiger partial charge is 0.378 e. The van der Waals surface area contributed by atoms with Gasteiger partial charge in [0.15, 0.2) is 0 Å². The molecular formula is C16H24ClN3O3S. The Morgan fingerprint density at radius 1 is 1.38 bits per heavy atom. The van der Waals surface area contributed by atoms with Crippen molar-refractivity contribution in [3.8, 4) is 0 Å². The highest BCUT2D eigenvalue weighted by Gasteiger charge is 2.26. The van der Waals surface area contributed by atoms with Gasteiger partial charge in [0.2, 0.25) is 5.91 Å². The Morgan fingerprint density at radius 2 is 2.17 bits per heavy atom. The molecule has 1 aromatic rings. The molecule has 1 unspecified atom stereocenters. The van der Waals surface area contributed by atoms with Gasteiger partial charge in [-0.1, -0.05) is 0 Å². The number of likely N-dealkylation sites (tertiary alicyclic amines) is 1. The number of halogens is 1. The first kappa shape index (κ1) is 19.2. The molecule has 0 aromatic carbocycles. The SMILES string of the molecule is Cl.O=C(NC1CCN(C(=O)CC2COCCN2)CC1)c1ccsc1. The average molecular weight is 374 g/mol. The Hall–Kier alpha value is -1.15. The number of morpholine rings is 1. The van der Waals surface area contributed by atoms with Crippen molar-refractivity contribution in [2.45, 2.75) is 31.3 Å². The van der Waals surface area contributed by atoms with E-state index in [0.29, 0.717) is 26.1 Å². The van der Waals surface area contributed by atoms with E-state index < -0.39 is 0 Å². The van der Waals surface area contributed by atoms with Crippen LogP contribution in [0.4, 0.5) is 0 Å². The Kier molecular flexibility index (Phi) is 7.48. The molecule has 0 saturated carbocycles. The smallest absolute Gasteiger partial charge is 0.252 e. The molecule has 1 aromatic heterocycles. The van der Waals surface area contributed by atoms with Gasteiger partial charge in [0.1, 0.15) is 0 Å². The fourth-order valence-electron chi connectivity index (χ4n) is 3.03. The van der Waals surface area contributed by atoms with Crippen LogP contribution in [0.5, 0.6) is 0 Å². The van der Waals surface area contributed by atoms with Crippen LogP contribution in [0, 0.1) is 0 Å². The second kappa shape index (κ2) is 9.36. The van der Waals surface area contributed by atoms with Gasteiger partial charge in [-0.25, -0.2) is 0 Å². The number of hydrogen-bond donors (Lipinski definition) is 2. The van der Waals surface area contributed by atoms with E-state index in [4.69, 9.17) is 4.74 Å². The van der Waals surface area contributed by atoms with Crippen LogP contribution < -0.4 is 10.6 Å². The minimum atomic E-state index is -0.0143. The lowest BCUT2D eigenvalue weighted by molar-refractivity contribution is -0.133. The van der Waals surface area contributed by atoms with Crippen molar-refractivity contribution < 1.29 is 14.3 Å². The van der Waals surface area contributed by atoms with Gasteiger partial charge in [0, 0.05) is 49.1 Å². The molecule has 0 aliphatic carbocycles. The van der Waals surface area contributed by atoms with Crippen LogP contribution in [-0.4, -0.2) is 61.6 Å². The van der Waals surface area contributed by atoms with Crippen molar-refractivity contribution >= 4 is 35.6 Å². The van der Waals surface area contributed by atoms with Crippen molar-refractivity contribution in [3.05, 3.63) is 22.4 Å². The van der Waals surface area contributed by atoms with E-state index in [2.05, 4.69) is 10.6 Å². The van der Waals surface area contributed by atoms with Gasteiger partial charge in [-0.3, -0.25) is 9.59 Å². The molecule has 2 aliphatic rings. The summed E-state index contributed by atoms with van der Waals surface area (Å²) in [5, 5.41) is 10.1. The molecular weight excluding hydrogens is 350 g/mol. The fourth-order valence-corrected chi connectivity index (χ4v) is 3.66. The van der Waals surface area contributed by atoms with Gasteiger partial charge in [-0.15, -0.1) is 12.4 Å². The van der Waals surface area contributed by atoms with Gasteiger partial charge in [-0.2, -0.15) is 11.3 Å². The Morgan fingerprint density at radius 3 is 2.79 bits per heavy atom. The second-order valence-electron chi connectivity index (χ2n) is 6.07. The van der Waals surface area contributed by atoms with Crippen molar-refractivity contribution in [1.29, 1.82) is 0 Å². The fraction of sp³-hybridized carbons (Fsp3) is 0.625. The van der Waals surface area contributed by atoms with Crippen LogP contribution in [0.2, 0.25) is 0 Å². The highest BCUT2D eigenvalue weighted by Crippen LogP contribution is 2.14. The van der Waals surface area contributed by atoms with E-state index in [0.717, 1.165) is 31.6 Å². The third-order valence-electron chi connectivity index (χ3n) is 4.39. The first-order chi connectivity index (χ1) is 11.2. The molecule has 2 fully saturated rings. The number of carbonyl (C=O) groups excluding carboxylic acids is 2. The molecule has 2 saturated heterocycles. The molecule has 24 heavy (non-hydrogen) atoms. The standard InChI is InChI=1S/C16H23N3O3S.ClH/c20-15(9-14-10-22-7-4-17-14)19-5-1-13(2-6-19)18-16(21)12-3-8-23-11-12;/h3,8,11,13-14,17H,1-2,4-7,9-10H2,(H,18,21);1H. The lowest BCUT2D eigenvalue weighted by Gasteiger charge is -2.34. The summed E-state index contributed by atoms with van der Waals surface area (Å²) in [4.78, 5) is 26.3. The van der Waals surface area contributed by atoms with Gasteiger partial charge >= 0.3 is 0 Å². The maximum atomic E-state index is 12.3. The summed E-state index contributed by atoms with van der Waals surface area (Å²) >= 11 is 1.52. The van der Waals surface area contributed by atoms with Crippen LogP contribution in [0.1, 0.15) is 29.6 Å². The summed E-state index contributed by atoms with van der Waals surface area (Å²) in [7, 11) is 0. The summed E-state index contributed by atoms with van der Waals surface area (Å²) < 4.78 is 5.39. The minimum absolute atomic E-state index is 0. The van der Waals surface area contributed by atoms with E-state index in [9.17, 15) is 9.59 Å². The number of hydrogen-bond acceptors (Lipinski definition) is 5. The van der Waals surface area contributed by atoms with E-state index in [1.807, 2.05) is 21.7 Å². The predicted molar refractivity (Wildman–Crippen MR) is 95.9 cm³/mol. The van der Waals surface area contributed by atoms with Gasteiger partial charge in [-0.05, 0) is 24.3 Å². The molecule has 3 heterocycles. The van der Waals surface area contributed by atoms with E-state index in [1.165, 1.54) is 11.3 Å². The summed E-state index contributed by atoms with van der Waals surface area (Å²) in [5.74, 6) is 0.162. The highest BCUT2D eigenvalue weighted by atomic mass is 35.5. The normalized spacial score (nSPS) is 21.8. The number of ether oxygens (including phenoxy) is 1. The lowest BCUT2D eigenvalue weighted by Crippen LogP contribution is -2.49. The number of carbonyl (C=O) groups is 2. The Balaban J connectivity index is 0.00000208. The highest BCUT2D eigenvalue weighted by molar-refractivity contribution is 7.08. The number of rotatable bonds is 4. The Labute approximate surface area is 152 Å². The van der Waals surface area contributed by atoms with Gasteiger partial charge in [0.05, 0.1) is 13.2 Å². The van der Waals surface area contributed by atoms with Crippen LogP contribution in [0.25, 0.3) is 0 Å². The number of amides is 2. The molecule has 6 nitrogen and oxygen atoms in total. The molecule has 134 valence electrons.